The van der Waals surface area contributed by atoms with E-state index < -0.39 is 0 Å². The topological polar surface area (TPSA) is 49.8 Å². The van der Waals surface area contributed by atoms with Crippen molar-refractivity contribution in [2.75, 3.05) is 23.9 Å². The Bertz CT molecular complexity index is 410. The first-order valence-corrected chi connectivity index (χ1v) is 6.55. The Labute approximate surface area is 105 Å². The molecule has 1 aliphatic rings. The number of fused-ring (bicyclic) bond motifs is 1. The van der Waals surface area contributed by atoms with E-state index >= 15 is 0 Å². The molecule has 0 radical (unpaired) electrons. The summed E-state index contributed by atoms with van der Waals surface area (Å²) in [6.07, 6.45) is -0.390. The summed E-state index contributed by atoms with van der Waals surface area (Å²) in [5, 5.41) is 9.34. The highest BCUT2D eigenvalue weighted by Gasteiger charge is 2.31. The SMILES string of the molecule is CCOC(=O)N1c2ccccc2SCC1CO. The first-order chi connectivity index (χ1) is 8.27. The maximum atomic E-state index is 11.9. The fraction of sp³-hybridized carbons (Fsp3) is 0.417. The van der Waals surface area contributed by atoms with Crippen LogP contribution in [0.4, 0.5) is 10.5 Å². The van der Waals surface area contributed by atoms with Gasteiger partial charge in [0.15, 0.2) is 0 Å². The summed E-state index contributed by atoms with van der Waals surface area (Å²) >= 11 is 1.65. The fourth-order valence-corrected chi connectivity index (χ4v) is 2.93. The largest absolute Gasteiger partial charge is 0.449 e. The van der Waals surface area contributed by atoms with E-state index in [9.17, 15) is 9.90 Å². The number of carbonyl (C=O) groups excluding carboxylic acids is 1. The first-order valence-electron chi connectivity index (χ1n) is 5.56. The molecule has 1 amide bonds. The van der Waals surface area contributed by atoms with E-state index in [0.29, 0.717) is 12.4 Å². The summed E-state index contributed by atoms with van der Waals surface area (Å²) in [5.41, 5.74) is 0.821. The minimum atomic E-state index is -0.390. The van der Waals surface area contributed by atoms with Gasteiger partial charge in [-0.15, -0.1) is 11.8 Å². The Morgan fingerprint density at radius 2 is 2.35 bits per heavy atom. The predicted molar refractivity (Wildman–Crippen MR) is 67.5 cm³/mol. The minimum absolute atomic E-state index is 0.0554. The standard InChI is InChI=1S/C12H15NO3S/c1-2-16-12(15)13-9(7-14)8-17-11-6-4-3-5-10(11)13/h3-6,9,14H,2,7-8H2,1H3. The highest BCUT2D eigenvalue weighted by Crippen LogP contribution is 2.37. The maximum absolute atomic E-state index is 11.9. The van der Waals surface area contributed by atoms with Crippen LogP contribution in [0.1, 0.15) is 6.92 Å². The number of para-hydroxylation sites is 1. The van der Waals surface area contributed by atoms with Crippen LogP contribution >= 0.6 is 11.8 Å². The lowest BCUT2D eigenvalue weighted by Crippen LogP contribution is -2.46. The molecule has 92 valence electrons. The summed E-state index contributed by atoms with van der Waals surface area (Å²) in [6, 6.07) is 7.45. The number of carbonyl (C=O) groups is 1. The van der Waals surface area contributed by atoms with Gasteiger partial charge in [0, 0.05) is 10.6 Å². The van der Waals surface area contributed by atoms with Crippen LogP contribution in [0.5, 0.6) is 0 Å². The van der Waals surface area contributed by atoms with Crippen LogP contribution in [-0.4, -0.2) is 36.2 Å². The van der Waals surface area contributed by atoms with Crippen LogP contribution < -0.4 is 4.90 Å². The number of nitrogens with zero attached hydrogens (tertiary/aromatic N) is 1. The number of anilines is 1. The molecular weight excluding hydrogens is 238 g/mol. The number of ether oxygens (including phenoxy) is 1. The predicted octanol–water partition coefficient (Wildman–Crippen LogP) is 2.12. The van der Waals surface area contributed by atoms with Crippen molar-refractivity contribution in [3.05, 3.63) is 24.3 Å². The van der Waals surface area contributed by atoms with Crippen molar-refractivity contribution < 1.29 is 14.6 Å². The molecule has 2 rings (SSSR count). The van der Waals surface area contributed by atoms with Gasteiger partial charge in [0.25, 0.3) is 0 Å². The lowest BCUT2D eigenvalue weighted by molar-refractivity contribution is 0.153. The van der Waals surface area contributed by atoms with Crippen LogP contribution in [0, 0.1) is 0 Å². The molecule has 0 bridgehead atoms. The number of hydrogen-bond donors (Lipinski definition) is 1. The molecule has 1 unspecified atom stereocenters. The van der Waals surface area contributed by atoms with Crippen LogP contribution in [0.3, 0.4) is 0 Å². The second kappa shape index (κ2) is 5.42. The third-order valence-electron chi connectivity index (χ3n) is 2.60. The van der Waals surface area contributed by atoms with E-state index in [0.717, 1.165) is 10.6 Å². The molecule has 1 heterocycles. The van der Waals surface area contributed by atoms with Gasteiger partial charge < -0.3 is 9.84 Å². The van der Waals surface area contributed by atoms with Crippen LogP contribution in [-0.2, 0) is 4.74 Å². The summed E-state index contributed by atoms with van der Waals surface area (Å²) in [4.78, 5) is 14.5. The Morgan fingerprint density at radius 1 is 1.59 bits per heavy atom. The van der Waals surface area contributed by atoms with Gasteiger partial charge in [-0.2, -0.15) is 0 Å². The number of thioether (sulfide) groups is 1. The van der Waals surface area contributed by atoms with Gasteiger partial charge in [0.05, 0.1) is 24.9 Å². The maximum Gasteiger partial charge on any atom is 0.414 e. The van der Waals surface area contributed by atoms with Crippen molar-refractivity contribution in [3.8, 4) is 0 Å². The lowest BCUT2D eigenvalue weighted by atomic mass is 10.2. The third-order valence-corrected chi connectivity index (χ3v) is 3.80. The first kappa shape index (κ1) is 12.3. The van der Waals surface area contributed by atoms with Crippen LogP contribution in [0.2, 0.25) is 0 Å². The summed E-state index contributed by atoms with van der Waals surface area (Å²) in [6.45, 7) is 2.05. The van der Waals surface area contributed by atoms with Gasteiger partial charge in [0.2, 0.25) is 0 Å². The van der Waals surface area contributed by atoms with E-state index in [2.05, 4.69) is 0 Å². The van der Waals surface area contributed by atoms with Crippen molar-refractivity contribution in [1.82, 2.24) is 0 Å². The molecule has 0 saturated carbocycles. The number of benzene rings is 1. The Morgan fingerprint density at radius 3 is 3.06 bits per heavy atom. The molecular formula is C12H15NO3S. The number of rotatable bonds is 2. The number of hydrogen-bond acceptors (Lipinski definition) is 4. The molecule has 17 heavy (non-hydrogen) atoms. The lowest BCUT2D eigenvalue weighted by Gasteiger charge is -2.34. The molecule has 1 aliphatic heterocycles. The van der Waals surface area contributed by atoms with Crippen molar-refractivity contribution in [2.24, 2.45) is 0 Å². The average Bonchev–Trinajstić information content (AvgIpc) is 2.37. The third kappa shape index (κ3) is 2.40. The van der Waals surface area contributed by atoms with Gasteiger partial charge in [0.1, 0.15) is 0 Å². The van der Waals surface area contributed by atoms with Gasteiger partial charge in [-0.25, -0.2) is 4.79 Å². The average molecular weight is 253 g/mol. The van der Waals surface area contributed by atoms with Crippen molar-refractivity contribution in [3.63, 3.8) is 0 Å². The zero-order valence-corrected chi connectivity index (χ0v) is 10.4. The second-order valence-corrected chi connectivity index (χ2v) is 4.75. The van der Waals surface area contributed by atoms with E-state index in [1.54, 1.807) is 23.6 Å². The Hall–Kier alpha value is -1.20. The molecule has 0 fully saturated rings. The zero-order valence-electron chi connectivity index (χ0n) is 9.63. The molecule has 0 aromatic heterocycles. The van der Waals surface area contributed by atoms with Crippen molar-refractivity contribution in [2.45, 2.75) is 17.9 Å². The van der Waals surface area contributed by atoms with Crippen molar-refractivity contribution in [1.29, 1.82) is 0 Å². The van der Waals surface area contributed by atoms with Gasteiger partial charge in [-0.05, 0) is 19.1 Å². The van der Waals surface area contributed by atoms with Gasteiger partial charge in [-0.3, -0.25) is 4.90 Å². The van der Waals surface area contributed by atoms with Gasteiger partial charge >= 0.3 is 6.09 Å². The number of aliphatic hydroxyl groups is 1. The molecule has 1 N–H and O–H groups in total. The fourth-order valence-electron chi connectivity index (χ4n) is 1.81. The normalized spacial score (nSPS) is 18.7. The summed E-state index contributed by atoms with van der Waals surface area (Å²) in [5.74, 6) is 0.687. The summed E-state index contributed by atoms with van der Waals surface area (Å²) < 4.78 is 5.04. The number of aliphatic hydroxyl groups excluding tert-OH is 1. The smallest absolute Gasteiger partial charge is 0.414 e. The molecule has 0 aliphatic carbocycles. The van der Waals surface area contributed by atoms with E-state index in [4.69, 9.17) is 4.74 Å². The zero-order chi connectivity index (χ0) is 12.3. The monoisotopic (exact) mass is 253 g/mol. The second-order valence-electron chi connectivity index (χ2n) is 3.68. The Balaban J connectivity index is 2.34. The van der Waals surface area contributed by atoms with E-state index in [1.807, 2.05) is 24.3 Å². The van der Waals surface area contributed by atoms with E-state index in [-0.39, 0.29) is 18.7 Å². The quantitative estimate of drug-likeness (QED) is 0.877. The highest BCUT2D eigenvalue weighted by atomic mass is 32.2. The molecule has 1 aromatic carbocycles. The van der Waals surface area contributed by atoms with Crippen LogP contribution in [0.25, 0.3) is 0 Å². The Kier molecular flexibility index (Phi) is 3.91. The number of amides is 1. The highest BCUT2D eigenvalue weighted by molar-refractivity contribution is 7.99. The molecule has 4 nitrogen and oxygen atoms in total. The van der Waals surface area contributed by atoms with E-state index in [1.165, 1.54) is 0 Å². The molecule has 5 heteroatoms. The minimum Gasteiger partial charge on any atom is -0.449 e. The molecule has 0 saturated heterocycles. The molecule has 1 atom stereocenters. The van der Waals surface area contributed by atoms with Gasteiger partial charge in [-0.1, -0.05) is 12.1 Å². The summed E-state index contributed by atoms with van der Waals surface area (Å²) in [7, 11) is 0. The van der Waals surface area contributed by atoms with Crippen molar-refractivity contribution >= 4 is 23.5 Å². The van der Waals surface area contributed by atoms with Crippen LogP contribution in [0.15, 0.2) is 29.2 Å². The molecule has 1 aromatic rings. The molecule has 0 spiro atoms.